The first-order chi connectivity index (χ1) is 5.56. The van der Waals surface area contributed by atoms with Gasteiger partial charge in [0, 0.05) is 12.8 Å². The Kier molecular flexibility index (Phi) is 5.34. The lowest BCUT2D eigenvalue weighted by atomic mass is 10.0. The van der Waals surface area contributed by atoms with Crippen LogP contribution in [-0.4, -0.2) is 18.4 Å². The molecule has 3 nitrogen and oxygen atoms in total. The number of ether oxygens (including phenoxy) is 1. The number of Topliss-reactive ketones (excluding diaryl/α,β-unsaturated/α-hetero) is 1. The van der Waals surface area contributed by atoms with Crippen molar-refractivity contribution in [3.8, 4) is 0 Å². The second-order valence-corrected chi connectivity index (χ2v) is 3.02. The molecule has 0 saturated carbocycles. The van der Waals surface area contributed by atoms with Crippen molar-refractivity contribution in [1.82, 2.24) is 0 Å². The number of esters is 1. The quantitative estimate of drug-likeness (QED) is 0.591. The molecule has 0 aliphatic rings. The minimum absolute atomic E-state index is 0.0987. The van der Waals surface area contributed by atoms with Crippen LogP contribution in [0, 0.1) is 5.92 Å². The molecule has 0 amide bonds. The predicted molar refractivity (Wildman–Crippen MR) is 45.7 cm³/mol. The summed E-state index contributed by atoms with van der Waals surface area (Å²) in [5.74, 6) is -0.000372. The average molecular weight is 172 g/mol. The van der Waals surface area contributed by atoms with Gasteiger partial charge in [0.05, 0.1) is 6.61 Å². The molecule has 0 N–H and O–H groups in total. The van der Waals surface area contributed by atoms with Crippen molar-refractivity contribution in [3.05, 3.63) is 0 Å². The molecule has 0 bridgehead atoms. The van der Waals surface area contributed by atoms with E-state index in [0.29, 0.717) is 19.4 Å². The van der Waals surface area contributed by atoms with E-state index in [1.165, 1.54) is 6.92 Å². The van der Waals surface area contributed by atoms with E-state index < -0.39 is 0 Å². The Hall–Kier alpha value is -0.860. The van der Waals surface area contributed by atoms with Crippen molar-refractivity contribution in [1.29, 1.82) is 0 Å². The van der Waals surface area contributed by atoms with Crippen molar-refractivity contribution < 1.29 is 14.3 Å². The molecule has 0 saturated heterocycles. The maximum atomic E-state index is 10.9. The first kappa shape index (κ1) is 11.1. The third-order valence-corrected chi connectivity index (χ3v) is 1.46. The van der Waals surface area contributed by atoms with Gasteiger partial charge < -0.3 is 9.53 Å². The minimum atomic E-state index is -0.216. The van der Waals surface area contributed by atoms with Crippen LogP contribution in [0.2, 0.25) is 0 Å². The molecule has 0 fully saturated rings. The van der Waals surface area contributed by atoms with Crippen molar-refractivity contribution in [3.63, 3.8) is 0 Å². The van der Waals surface area contributed by atoms with E-state index in [2.05, 4.69) is 0 Å². The molecule has 12 heavy (non-hydrogen) atoms. The number of rotatable bonds is 5. The lowest BCUT2D eigenvalue weighted by Gasteiger charge is -2.07. The Morgan fingerprint density at radius 2 is 1.92 bits per heavy atom. The summed E-state index contributed by atoms with van der Waals surface area (Å²) >= 11 is 0. The van der Waals surface area contributed by atoms with E-state index in [1.54, 1.807) is 6.92 Å². The monoisotopic (exact) mass is 172 g/mol. The van der Waals surface area contributed by atoms with Crippen molar-refractivity contribution >= 4 is 11.8 Å². The third kappa shape index (κ3) is 5.89. The van der Waals surface area contributed by atoms with E-state index in [4.69, 9.17) is 4.74 Å². The SMILES string of the molecule is CCOC(=O)CC(C)CC(C)=O. The molecular formula is C9H16O3. The largest absolute Gasteiger partial charge is 0.466 e. The first-order valence-corrected chi connectivity index (χ1v) is 4.21. The van der Waals surface area contributed by atoms with Crippen LogP contribution in [0.1, 0.15) is 33.6 Å². The zero-order valence-corrected chi connectivity index (χ0v) is 7.92. The average Bonchev–Trinajstić information content (AvgIpc) is 1.84. The van der Waals surface area contributed by atoms with Gasteiger partial charge in [0.1, 0.15) is 5.78 Å². The summed E-state index contributed by atoms with van der Waals surface area (Å²) < 4.78 is 4.74. The highest BCUT2D eigenvalue weighted by atomic mass is 16.5. The zero-order chi connectivity index (χ0) is 9.56. The van der Waals surface area contributed by atoms with Gasteiger partial charge in [0.25, 0.3) is 0 Å². The van der Waals surface area contributed by atoms with Crippen LogP contribution in [0.15, 0.2) is 0 Å². The molecule has 0 aromatic carbocycles. The summed E-state index contributed by atoms with van der Waals surface area (Å²) in [6.45, 7) is 5.58. The van der Waals surface area contributed by atoms with Gasteiger partial charge in [0.15, 0.2) is 0 Å². The molecule has 1 atom stereocenters. The molecule has 3 heteroatoms. The van der Waals surface area contributed by atoms with E-state index >= 15 is 0 Å². The second-order valence-electron chi connectivity index (χ2n) is 3.02. The Morgan fingerprint density at radius 3 is 2.33 bits per heavy atom. The number of carbonyl (C=O) groups is 2. The predicted octanol–water partition coefficient (Wildman–Crippen LogP) is 1.55. The fourth-order valence-electron chi connectivity index (χ4n) is 1.07. The van der Waals surface area contributed by atoms with Crippen LogP contribution in [0.4, 0.5) is 0 Å². The maximum absolute atomic E-state index is 10.9. The molecule has 0 aromatic rings. The highest BCUT2D eigenvalue weighted by Crippen LogP contribution is 2.08. The minimum Gasteiger partial charge on any atom is -0.466 e. The molecular weight excluding hydrogens is 156 g/mol. The summed E-state index contributed by atoms with van der Waals surface area (Å²) in [5, 5.41) is 0. The molecule has 70 valence electrons. The third-order valence-electron chi connectivity index (χ3n) is 1.46. The maximum Gasteiger partial charge on any atom is 0.306 e. The Balaban J connectivity index is 3.61. The molecule has 0 heterocycles. The van der Waals surface area contributed by atoms with Crippen LogP contribution < -0.4 is 0 Å². The Morgan fingerprint density at radius 1 is 1.33 bits per heavy atom. The van der Waals surface area contributed by atoms with Gasteiger partial charge >= 0.3 is 5.97 Å². The van der Waals surface area contributed by atoms with Crippen molar-refractivity contribution in [2.45, 2.75) is 33.6 Å². The number of carbonyl (C=O) groups excluding carboxylic acids is 2. The van der Waals surface area contributed by atoms with Crippen LogP contribution >= 0.6 is 0 Å². The molecule has 0 spiro atoms. The fourth-order valence-corrected chi connectivity index (χ4v) is 1.07. The second kappa shape index (κ2) is 5.75. The van der Waals surface area contributed by atoms with Gasteiger partial charge in [-0.25, -0.2) is 0 Å². The number of ketones is 1. The summed E-state index contributed by atoms with van der Waals surface area (Å²) in [6.07, 6.45) is 0.798. The smallest absolute Gasteiger partial charge is 0.306 e. The van der Waals surface area contributed by atoms with Crippen molar-refractivity contribution in [2.24, 2.45) is 5.92 Å². The fraction of sp³-hybridized carbons (Fsp3) is 0.778. The molecule has 0 radical (unpaired) electrons. The molecule has 0 aliphatic heterocycles. The van der Waals surface area contributed by atoms with Gasteiger partial charge in [-0.1, -0.05) is 6.92 Å². The standard InChI is InChI=1S/C9H16O3/c1-4-12-9(11)6-7(2)5-8(3)10/h7H,4-6H2,1-3H3. The van der Waals surface area contributed by atoms with Crippen LogP contribution in [0.3, 0.4) is 0 Å². The lowest BCUT2D eigenvalue weighted by molar-refractivity contribution is -0.144. The van der Waals surface area contributed by atoms with Crippen molar-refractivity contribution in [2.75, 3.05) is 6.61 Å². The highest BCUT2D eigenvalue weighted by Gasteiger charge is 2.11. The van der Waals surface area contributed by atoms with E-state index in [-0.39, 0.29) is 17.7 Å². The van der Waals surface area contributed by atoms with Crippen LogP contribution in [0.25, 0.3) is 0 Å². The zero-order valence-electron chi connectivity index (χ0n) is 7.92. The summed E-state index contributed by atoms with van der Waals surface area (Å²) in [7, 11) is 0. The molecule has 1 unspecified atom stereocenters. The van der Waals surface area contributed by atoms with Gasteiger partial charge in [-0.15, -0.1) is 0 Å². The first-order valence-electron chi connectivity index (χ1n) is 4.21. The van der Waals surface area contributed by atoms with Gasteiger partial charge in [-0.2, -0.15) is 0 Å². The van der Waals surface area contributed by atoms with E-state index in [9.17, 15) is 9.59 Å². The van der Waals surface area contributed by atoms with Gasteiger partial charge in [0.2, 0.25) is 0 Å². The summed E-state index contributed by atoms with van der Waals surface area (Å²) in [5.41, 5.74) is 0. The topological polar surface area (TPSA) is 43.4 Å². The van der Waals surface area contributed by atoms with Gasteiger partial charge in [-0.05, 0) is 19.8 Å². The summed E-state index contributed by atoms with van der Waals surface area (Å²) in [4.78, 5) is 21.5. The van der Waals surface area contributed by atoms with Gasteiger partial charge in [-0.3, -0.25) is 4.79 Å². The lowest BCUT2D eigenvalue weighted by Crippen LogP contribution is -2.11. The van der Waals surface area contributed by atoms with Crippen LogP contribution in [0.5, 0.6) is 0 Å². The normalized spacial score (nSPS) is 12.2. The Labute approximate surface area is 73.1 Å². The summed E-state index contributed by atoms with van der Waals surface area (Å²) in [6, 6.07) is 0. The number of hydrogen-bond donors (Lipinski definition) is 0. The molecule has 0 rings (SSSR count). The molecule has 0 aromatic heterocycles. The van der Waals surface area contributed by atoms with E-state index in [0.717, 1.165) is 0 Å². The molecule has 0 aliphatic carbocycles. The highest BCUT2D eigenvalue weighted by molar-refractivity contribution is 5.77. The Bertz CT molecular complexity index is 163. The number of hydrogen-bond acceptors (Lipinski definition) is 3. The van der Waals surface area contributed by atoms with Crippen LogP contribution in [-0.2, 0) is 14.3 Å². The van der Waals surface area contributed by atoms with E-state index in [1.807, 2.05) is 6.92 Å².